The fourth-order valence-corrected chi connectivity index (χ4v) is 2.50. The predicted molar refractivity (Wildman–Crippen MR) is 81.1 cm³/mol. The highest BCUT2D eigenvalue weighted by Gasteiger charge is 2.40. The maximum absolute atomic E-state index is 11.5. The van der Waals surface area contributed by atoms with Gasteiger partial charge >= 0.3 is 13.1 Å². The van der Waals surface area contributed by atoms with Crippen molar-refractivity contribution in [3.05, 3.63) is 33.9 Å². The molecule has 1 aromatic carbocycles. The minimum absolute atomic E-state index is 0.0623. The lowest BCUT2D eigenvalue weighted by molar-refractivity contribution is -0.490. The Balaban J connectivity index is 2.14. The monoisotopic (exact) mass is 323 g/mol. The van der Waals surface area contributed by atoms with Crippen molar-refractivity contribution in [3.63, 3.8) is 0 Å². The summed E-state index contributed by atoms with van der Waals surface area (Å²) in [6.07, 6.45) is -1.23. The van der Waals surface area contributed by atoms with E-state index in [0.29, 0.717) is 23.4 Å². The van der Waals surface area contributed by atoms with Crippen molar-refractivity contribution >= 4 is 18.6 Å². The molecule has 124 valence electrons. The van der Waals surface area contributed by atoms with E-state index in [9.17, 15) is 19.9 Å². The number of benzene rings is 1. The molecule has 0 spiro atoms. The average Bonchev–Trinajstić information content (AvgIpc) is 2.75. The third kappa shape index (κ3) is 4.20. The molecule has 0 bridgehead atoms. The second-order valence-electron chi connectivity index (χ2n) is 5.19. The molecule has 1 aromatic rings. The van der Waals surface area contributed by atoms with E-state index < -0.39 is 30.8 Å². The summed E-state index contributed by atoms with van der Waals surface area (Å²) in [5.41, 5.74) is 0.894. The molecular formula is C14H18BNO7. The van der Waals surface area contributed by atoms with Crippen molar-refractivity contribution in [1.29, 1.82) is 0 Å². The summed E-state index contributed by atoms with van der Waals surface area (Å²) in [5, 5.41) is 20.7. The summed E-state index contributed by atoms with van der Waals surface area (Å²) in [6.45, 7) is 3.27. The first-order valence-electron chi connectivity index (χ1n) is 7.32. The fraction of sp³-hybridized carbons (Fsp3) is 0.500. The van der Waals surface area contributed by atoms with Crippen LogP contribution in [0.3, 0.4) is 0 Å². The summed E-state index contributed by atoms with van der Waals surface area (Å²) in [6, 6.07) is 4.95. The van der Waals surface area contributed by atoms with Crippen molar-refractivity contribution in [2.24, 2.45) is 0 Å². The van der Waals surface area contributed by atoms with Gasteiger partial charge in [0, 0.05) is 10.4 Å². The SMILES string of the molecule is CCOC(=O)CC(C)Oc1cccc2c1B(O)OC2C[N+](=O)[O-]. The molecule has 0 aliphatic carbocycles. The minimum Gasteiger partial charge on any atom is -0.490 e. The summed E-state index contributed by atoms with van der Waals surface area (Å²) in [7, 11) is -1.29. The van der Waals surface area contributed by atoms with Crippen molar-refractivity contribution in [1.82, 2.24) is 0 Å². The van der Waals surface area contributed by atoms with Crippen LogP contribution in [0.25, 0.3) is 0 Å². The van der Waals surface area contributed by atoms with Gasteiger partial charge < -0.3 is 19.2 Å². The Morgan fingerprint density at radius 2 is 2.30 bits per heavy atom. The molecule has 0 saturated heterocycles. The Morgan fingerprint density at radius 1 is 1.57 bits per heavy atom. The summed E-state index contributed by atoms with van der Waals surface area (Å²) < 4.78 is 15.8. The van der Waals surface area contributed by atoms with Gasteiger partial charge in [-0.05, 0) is 25.5 Å². The molecule has 0 fully saturated rings. The topological polar surface area (TPSA) is 108 Å². The molecule has 2 unspecified atom stereocenters. The Bertz CT molecular complexity index is 594. The Kier molecular flexibility index (Phi) is 5.57. The van der Waals surface area contributed by atoms with E-state index in [2.05, 4.69) is 0 Å². The standard InChI is InChI=1S/C14H18BNO7/c1-3-21-13(17)7-9(2)22-11-6-4-5-10-12(8-16(19)20)23-15(18)14(10)11/h4-6,9,12,18H,3,7-8H2,1-2H3. The average molecular weight is 323 g/mol. The van der Waals surface area contributed by atoms with E-state index in [0.717, 1.165) is 0 Å². The molecule has 1 aliphatic rings. The maximum atomic E-state index is 11.5. The van der Waals surface area contributed by atoms with Gasteiger partial charge in [0.2, 0.25) is 6.54 Å². The molecule has 23 heavy (non-hydrogen) atoms. The van der Waals surface area contributed by atoms with Crippen LogP contribution >= 0.6 is 0 Å². The minimum atomic E-state index is -1.29. The van der Waals surface area contributed by atoms with Gasteiger partial charge in [0.15, 0.2) is 0 Å². The number of nitrogens with zero attached hydrogens (tertiary/aromatic N) is 1. The van der Waals surface area contributed by atoms with E-state index >= 15 is 0 Å². The van der Waals surface area contributed by atoms with Gasteiger partial charge in [0.1, 0.15) is 18.0 Å². The zero-order valence-corrected chi connectivity index (χ0v) is 12.9. The number of carbonyl (C=O) groups is 1. The van der Waals surface area contributed by atoms with Crippen molar-refractivity contribution in [3.8, 4) is 5.75 Å². The Hall–Kier alpha value is -2.13. The highest BCUT2D eigenvalue weighted by atomic mass is 16.6. The van der Waals surface area contributed by atoms with Crippen LogP contribution in [0.2, 0.25) is 0 Å². The molecule has 2 atom stereocenters. The highest BCUT2D eigenvalue weighted by molar-refractivity contribution is 6.62. The lowest BCUT2D eigenvalue weighted by Crippen LogP contribution is -2.31. The smallest absolute Gasteiger partial charge is 0.490 e. The van der Waals surface area contributed by atoms with Gasteiger partial charge in [-0.1, -0.05) is 12.1 Å². The zero-order chi connectivity index (χ0) is 17.0. The van der Waals surface area contributed by atoms with Crippen LogP contribution in [0.15, 0.2) is 18.2 Å². The third-order valence-electron chi connectivity index (χ3n) is 3.39. The first kappa shape index (κ1) is 17.2. The van der Waals surface area contributed by atoms with Gasteiger partial charge in [0.25, 0.3) is 0 Å². The van der Waals surface area contributed by atoms with Gasteiger partial charge in [-0.3, -0.25) is 14.9 Å². The number of ether oxygens (including phenoxy) is 2. The molecule has 9 heteroatoms. The first-order valence-corrected chi connectivity index (χ1v) is 7.32. The summed E-state index contributed by atoms with van der Waals surface area (Å²) >= 11 is 0. The first-order chi connectivity index (χ1) is 10.9. The molecular weight excluding hydrogens is 305 g/mol. The molecule has 1 N–H and O–H groups in total. The van der Waals surface area contributed by atoms with E-state index in [1.807, 2.05) is 0 Å². The zero-order valence-electron chi connectivity index (χ0n) is 12.9. The van der Waals surface area contributed by atoms with Crippen LogP contribution in [0, 0.1) is 10.1 Å². The van der Waals surface area contributed by atoms with Crippen LogP contribution in [0.5, 0.6) is 5.75 Å². The van der Waals surface area contributed by atoms with Gasteiger partial charge in [-0.15, -0.1) is 0 Å². The normalized spacial score (nSPS) is 17.5. The van der Waals surface area contributed by atoms with Crippen LogP contribution in [-0.4, -0.2) is 42.3 Å². The quantitative estimate of drug-likeness (QED) is 0.336. The number of nitro groups is 1. The molecule has 8 nitrogen and oxygen atoms in total. The number of rotatable bonds is 7. The Labute approximate surface area is 133 Å². The predicted octanol–water partition coefficient (Wildman–Crippen LogP) is 0.443. The number of esters is 1. The Morgan fingerprint density at radius 3 is 2.96 bits per heavy atom. The van der Waals surface area contributed by atoms with Crippen LogP contribution < -0.4 is 10.2 Å². The van der Waals surface area contributed by atoms with E-state index in [1.54, 1.807) is 32.0 Å². The molecule has 1 heterocycles. The van der Waals surface area contributed by atoms with Gasteiger partial charge in [-0.25, -0.2) is 0 Å². The number of hydrogen-bond acceptors (Lipinski definition) is 7. The van der Waals surface area contributed by atoms with E-state index in [-0.39, 0.29) is 12.4 Å². The third-order valence-corrected chi connectivity index (χ3v) is 3.39. The van der Waals surface area contributed by atoms with E-state index in [4.69, 9.17) is 14.1 Å². The van der Waals surface area contributed by atoms with Crippen LogP contribution in [-0.2, 0) is 14.2 Å². The molecule has 2 rings (SSSR count). The van der Waals surface area contributed by atoms with Gasteiger partial charge in [-0.2, -0.15) is 0 Å². The van der Waals surface area contributed by atoms with Crippen molar-refractivity contribution < 1.29 is 28.9 Å². The largest absolute Gasteiger partial charge is 0.496 e. The van der Waals surface area contributed by atoms with Crippen molar-refractivity contribution in [2.45, 2.75) is 32.5 Å². The number of hydrogen-bond donors (Lipinski definition) is 1. The van der Waals surface area contributed by atoms with Gasteiger partial charge in [0.05, 0.1) is 13.0 Å². The van der Waals surface area contributed by atoms with E-state index in [1.165, 1.54) is 0 Å². The molecule has 1 aliphatic heterocycles. The molecule has 0 saturated carbocycles. The second-order valence-corrected chi connectivity index (χ2v) is 5.19. The highest BCUT2D eigenvalue weighted by Crippen LogP contribution is 2.28. The lowest BCUT2D eigenvalue weighted by Gasteiger charge is -2.16. The number of fused-ring (bicyclic) bond motifs is 1. The maximum Gasteiger partial charge on any atom is 0.496 e. The van der Waals surface area contributed by atoms with Crippen LogP contribution in [0.4, 0.5) is 0 Å². The van der Waals surface area contributed by atoms with Crippen LogP contribution in [0.1, 0.15) is 31.9 Å². The lowest BCUT2D eigenvalue weighted by atomic mass is 9.78. The fourth-order valence-electron chi connectivity index (χ4n) is 2.50. The second kappa shape index (κ2) is 7.43. The summed E-state index contributed by atoms with van der Waals surface area (Å²) in [4.78, 5) is 21.6. The molecule has 0 radical (unpaired) electrons. The van der Waals surface area contributed by atoms with Crippen molar-refractivity contribution in [2.75, 3.05) is 13.2 Å². The molecule has 0 amide bonds. The summed E-state index contributed by atoms with van der Waals surface area (Å²) in [5.74, 6) is -0.0340. The molecule has 0 aromatic heterocycles. The number of carbonyl (C=O) groups excluding carboxylic acids is 1.